The van der Waals surface area contributed by atoms with Crippen molar-refractivity contribution in [2.45, 2.75) is 62.2 Å². The van der Waals surface area contributed by atoms with E-state index in [4.69, 9.17) is 5.14 Å². The minimum Gasteiger partial charge on any atom is -0.385 e. The second-order valence-electron chi connectivity index (χ2n) is 9.56. The third-order valence-corrected chi connectivity index (χ3v) is 9.90. The summed E-state index contributed by atoms with van der Waals surface area (Å²) >= 11 is 1.13. The summed E-state index contributed by atoms with van der Waals surface area (Å²) < 4.78 is 17.7. The molecule has 0 spiro atoms. The van der Waals surface area contributed by atoms with Gasteiger partial charge >= 0.3 is 6.03 Å². The number of fused-ring (bicyclic) bond motifs is 2. The van der Waals surface area contributed by atoms with Crippen molar-refractivity contribution < 1.29 is 14.1 Å². The van der Waals surface area contributed by atoms with E-state index in [9.17, 15) is 14.1 Å². The molecule has 2 aliphatic rings. The number of amides is 2. The van der Waals surface area contributed by atoms with Gasteiger partial charge in [0.25, 0.3) is 0 Å². The Morgan fingerprint density at radius 3 is 2.26 bits per heavy atom. The lowest BCUT2D eigenvalue weighted by atomic mass is 9.99. The first-order chi connectivity index (χ1) is 16.1. The van der Waals surface area contributed by atoms with Crippen LogP contribution < -0.4 is 10.5 Å². The number of hydrogen-bond acceptors (Lipinski definition) is 4. The van der Waals surface area contributed by atoms with Crippen LogP contribution in [0.4, 0.5) is 10.5 Å². The molecule has 1 atom stereocenters. The molecule has 0 unspecified atom stereocenters. The number of nitrogens with one attached hydrogen (secondary N) is 1. The molecule has 34 heavy (non-hydrogen) atoms. The van der Waals surface area contributed by atoms with Crippen LogP contribution in [0, 0.1) is 0 Å². The third kappa shape index (κ3) is 4.31. The van der Waals surface area contributed by atoms with Crippen molar-refractivity contribution >= 4 is 33.0 Å². The van der Waals surface area contributed by atoms with E-state index in [0.717, 1.165) is 66.7 Å². The Hall–Kier alpha value is -2.52. The van der Waals surface area contributed by atoms with E-state index in [1.165, 1.54) is 22.3 Å². The number of thiophene rings is 1. The summed E-state index contributed by atoms with van der Waals surface area (Å²) in [5, 5.41) is 19.8. The van der Waals surface area contributed by atoms with Gasteiger partial charge in [-0.2, -0.15) is 0 Å². The van der Waals surface area contributed by atoms with Crippen LogP contribution in [0.1, 0.15) is 53.8 Å². The first-order valence-electron chi connectivity index (χ1n) is 11.6. The zero-order valence-electron chi connectivity index (χ0n) is 19.4. The average Bonchev–Trinajstić information content (AvgIpc) is 3.52. The van der Waals surface area contributed by atoms with Gasteiger partial charge in [-0.05, 0) is 91.8 Å². The predicted molar refractivity (Wildman–Crippen MR) is 138 cm³/mol. The van der Waals surface area contributed by atoms with Crippen LogP contribution in [0.25, 0.3) is 11.1 Å². The zero-order chi connectivity index (χ0) is 24.1. The maximum absolute atomic E-state index is 13.5. The largest absolute Gasteiger partial charge is 0.385 e. The number of hydrogen-bond donors (Lipinski definition) is 3. The standard InChI is InChI=1S/C26H29N3O3S2/c1-26(2,31)24-21(16-8-4-3-5-9-16)15-22(33-24)34(27,32)29-25(30)28-23-19-12-6-10-17(19)14-18-11-7-13-20(18)23/h3-5,8-9,14-15,31H,6-7,10-13H2,1-2H3,(H3,27,28,29,30,32)/t34-/m1/s1. The van der Waals surface area contributed by atoms with Crippen LogP contribution in [0.3, 0.4) is 0 Å². The minimum absolute atomic E-state index is 0.266. The number of rotatable bonds is 4. The number of urea groups is 1. The summed E-state index contributed by atoms with van der Waals surface area (Å²) in [6.45, 7) is 3.35. The van der Waals surface area contributed by atoms with Crippen LogP contribution in [-0.2, 0) is 41.2 Å². The van der Waals surface area contributed by atoms with Crippen molar-refractivity contribution in [2.75, 3.05) is 5.32 Å². The van der Waals surface area contributed by atoms with Crippen molar-refractivity contribution in [1.82, 2.24) is 0 Å². The van der Waals surface area contributed by atoms with Crippen LogP contribution in [0.2, 0.25) is 0 Å². The Morgan fingerprint density at radius 2 is 1.68 bits per heavy atom. The number of carbonyl (C=O) groups excluding carboxylic acids is 1. The number of nitrogens with two attached hydrogens (primary N) is 1. The highest BCUT2D eigenvalue weighted by molar-refractivity contribution is 7.93. The molecule has 2 amide bonds. The molecule has 1 aromatic heterocycles. The normalized spacial score (nSPS) is 16.6. The number of benzene rings is 2. The average molecular weight is 496 g/mol. The number of aryl methyl sites for hydroxylation is 2. The van der Waals surface area contributed by atoms with Crippen molar-refractivity contribution in [3.63, 3.8) is 0 Å². The maximum atomic E-state index is 13.5. The van der Waals surface area contributed by atoms with Gasteiger partial charge in [0, 0.05) is 10.6 Å². The molecule has 0 fully saturated rings. The zero-order valence-corrected chi connectivity index (χ0v) is 21.0. The Labute approximate surface area is 204 Å². The molecule has 0 radical (unpaired) electrons. The fourth-order valence-electron chi connectivity index (χ4n) is 5.06. The summed E-state index contributed by atoms with van der Waals surface area (Å²) in [5.74, 6) is 0. The van der Waals surface area contributed by atoms with E-state index < -0.39 is 21.5 Å². The van der Waals surface area contributed by atoms with Crippen molar-refractivity contribution in [1.29, 1.82) is 0 Å². The molecule has 6 nitrogen and oxygen atoms in total. The van der Waals surface area contributed by atoms with E-state index in [0.29, 0.717) is 4.88 Å². The Morgan fingerprint density at radius 1 is 1.06 bits per heavy atom. The SMILES string of the molecule is CC(C)(O)c1sc([S@](N)(=O)=NC(=O)Nc2c3c(cc4c2CCC4)CCC3)cc1-c1ccccc1. The van der Waals surface area contributed by atoms with Crippen LogP contribution in [-0.4, -0.2) is 15.3 Å². The number of anilines is 1. The molecule has 4 N–H and O–H groups in total. The van der Waals surface area contributed by atoms with Crippen LogP contribution >= 0.6 is 11.3 Å². The molecule has 8 heteroatoms. The Kier molecular flexibility index (Phi) is 5.88. The Balaban J connectivity index is 1.51. The number of nitrogens with zero attached hydrogens (tertiary/aromatic N) is 1. The summed E-state index contributed by atoms with van der Waals surface area (Å²) in [6.07, 6.45) is 6.04. The van der Waals surface area contributed by atoms with E-state index in [1.807, 2.05) is 30.3 Å². The molecule has 5 rings (SSSR count). The van der Waals surface area contributed by atoms with Crippen LogP contribution in [0.5, 0.6) is 0 Å². The highest BCUT2D eigenvalue weighted by atomic mass is 32.2. The summed E-state index contributed by atoms with van der Waals surface area (Å²) in [4.78, 5) is 13.6. The summed E-state index contributed by atoms with van der Waals surface area (Å²) in [6, 6.07) is 12.8. The molecule has 2 aromatic carbocycles. The van der Waals surface area contributed by atoms with Gasteiger partial charge in [-0.25, -0.2) is 14.1 Å². The van der Waals surface area contributed by atoms with E-state index >= 15 is 0 Å². The van der Waals surface area contributed by atoms with Gasteiger partial charge in [-0.1, -0.05) is 36.4 Å². The van der Waals surface area contributed by atoms with E-state index in [1.54, 1.807) is 19.9 Å². The molecule has 2 aliphatic carbocycles. The number of aliphatic hydroxyl groups is 1. The van der Waals surface area contributed by atoms with Gasteiger partial charge in [0.1, 0.15) is 4.21 Å². The van der Waals surface area contributed by atoms with Gasteiger partial charge in [0.05, 0.1) is 5.60 Å². The Bertz CT molecular complexity index is 1360. The van der Waals surface area contributed by atoms with Gasteiger partial charge in [0.2, 0.25) is 0 Å². The van der Waals surface area contributed by atoms with Crippen molar-refractivity contribution in [3.8, 4) is 11.1 Å². The topological polar surface area (TPSA) is 105 Å². The quantitative estimate of drug-likeness (QED) is 0.442. The van der Waals surface area contributed by atoms with Crippen molar-refractivity contribution in [2.24, 2.45) is 9.50 Å². The van der Waals surface area contributed by atoms with E-state index in [-0.39, 0.29) is 4.21 Å². The minimum atomic E-state index is -3.51. The van der Waals surface area contributed by atoms with Gasteiger partial charge in [0.15, 0.2) is 9.92 Å². The monoisotopic (exact) mass is 495 g/mol. The smallest absolute Gasteiger partial charge is 0.354 e. The third-order valence-electron chi connectivity index (χ3n) is 6.56. The summed E-state index contributed by atoms with van der Waals surface area (Å²) in [7, 11) is -3.51. The van der Waals surface area contributed by atoms with Crippen LogP contribution in [0.15, 0.2) is 51.0 Å². The lowest BCUT2D eigenvalue weighted by molar-refractivity contribution is 0.0831. The lowest BCUT2D eigenvalue weighted by Crippen LogP contribution is -2.18. The second-order valence-corrected chi connectivity index (χ2v) is 12.6. The molecule has 1 heterocycles. The highest BCUT2D eigenvalue weighted by Crippen LogP contribution is 2.41. The molecule has 178 valence electrons. The van der Waals surface area contributed by atoms with Gasteiger partial charge in [-0.15, -0.1) is 15.7 Å². The lowest BCUT2D eigenvalue weighted by Gasteiger charge is -2.17. The molecule has 0 saturated carbocycles. The van der Waals surface area contributed by atoms with Gasteiger partial charge in [-0.3, -0.25) is 0 Å². The molecular formula is C26H29N3O3S2. The second kappa shape index (κ2) is 8.61. The molecular weight excluding hydrogens is 466 g/mol. The highest BCUT2D eigenvalue weighted by Gasteiger charge is 2.28. The first kappa shape index (κ1) is 23.2. The molecule has 0 bridgehead atoms. The van der Waals surface area contributed by atoms with Crippen molar-refractivity contribution in [3.05, 3.63) is 69.6 Å². The maximum Gasteiger partial charge on any atom is 0.354 e. The molecule has 0 aliphatic heterocycles. The summed E-state index contributed by atoms with van der Waals surface area (Å²) in [5.41, 5.74) is 6.24. The predicted octanol–water partition coefficient (Wildman–Crippen LogP) is 5.55. The first-order valence-corrected chi connectivity index (χ1v) is 14.0. The molecule has 0 saturated heterocycles. The van der Waals surface area contributed by atoms with E-state index in [2.05, 4.69) is 15.7 Å². The number of carbonyl (C=O) groups is 1. The van der Waals surface area contributed by atoms with Gasteiger partial charge < -0.3 is 10.4 Å². The fourth-order valence-corrected chi connectivity index (χ4v) is 7.49. The fraction of sp³-hybridized carbons (Fsp3) is 0.346. The molecule has 3 aromatic rings.